The fourth-order valence-electron chi connectivity index (χ4n) is 4.97. The summed E-state index contributed by atoms with van der Waals surface area (Å²) < 4.78 is 0. The number of carbonyl (C=O) groups is 2. The van der Waals surface area contributed by atoms with Gasteiger partial charge in [0.15, 0.2) is 0 Å². The van der Waals surface area contributed by atoms with Gasteiger partial charge in [0, 0.05) is 45.0 Å². The number of hydrogen-bond acceptors (Lipinski definition) is 5. The van der Waals surface area contributed by atoms with Crippen LogP contribution in [-0.2, 0) is 22.4 Å². The zero-order valence-corrected chi connectivity index (χ0v) is 18.1. The van der Waals surface area contributed by atoms with Crippen LogP contribution in [0.3, 0.4) is 0 Å². The van der Waals surface area contributed by atoms with E-state index in [1.807, 2.05) is 0 Å². The Kier molecular flexibility index (Phi) is 5.94. The summed E-state index contributed by atoms with van der Waals surface area (Å²) in [5, 5.41) is 9.94. The summed E-state index contributed by atoms with van der Waals surface area (Å²) in [7, 11) is 0. The molecule has 1 aromatic rings. The first kappa shape index (κ1) is 20.6. The molecule has 7 nitrogen and oxygen atoms in total. The minimum absolute atomic E-state index is 0.310. The molecule has 0 bridgehead atoms. The number of piperazine rings is 1. The summed E-state index contributed by atoms with van der Waals surface area (Å²) in [6.45, 7) is 7.85. The van der Waals surface area contributed by atoms with E-state index in [-0.39, 0.29) is 5.91 Å². The van der Waals surface area contributed by atoms with Crippen LogP contribution in [0, 0.1) is 11.3 Å². The highest BCUT2D eigenvalue weighted by molar-refractivity contribution is 6.35. The lowest BCUT2D eigenvalue weighted by molar-refractivity contribution is -0.151. The second-order valence-electron chi connectivity index (χ2n) is 8.90. The number of aromatic nitrogens is 1. The summed E-state index contributed by atoms with van der Waals surface area (Å²) in [6.07, 6.45) is 6.17. The number of anilines is 1. The van der Waals surface area contributed by atoms with Crippen molar-refractivity contribution in [1.82, 2.24) is 14.8 Å². The van der Waals surface area contributed by atoms with Crippen LogP contribution in [0.1, 0.15) is 67.8 Å². The van der Waals surface area contributed by atoms with Crippen LogP contribution in [0.2, 0.25) is 0 Å². The molecule has 4 rings (SSSR count). The Morgan fingerprint density at radius 3 is 2.00 bits per heavy atom. The molecule has 2 saturated heterocycles. The van der Waals surface area contributed by atoms with Crippen molar-refractivity contribution in [3.05, 3.63) is 22.4 Å². The van der Waals surface area contributed by atoms with Crippen LogP contribution in [0.25, 0.3) is 0 Å². The normalized spacial score (nSPS) is 19.1. The van der Waals surface area contributed by atoms with Gasteiger partial charge in [0.1, 0.15) is 11.9 Å². The van der Waals surface area contributed by atoms with Crippen molar-refractivity contribution in [2.45, 2.75) is 58.3 Å². The minimum atomic E-state index is -0.390. The fourth-order valence-corrected chi connectivity index (χ4v) is 4.97. The van der Waals surface area contributed by atoms with Crippen LogP contribution in [-0.4, -0.2) is 65.9 Å². The molecule has 160 valence electrons. The van der Waals surface area contributed by atoms with Crippen LogP contribution < -0.4 is 4.90 Å². The summed E-state index contributed by atoms with van der Waals surface area (Å²) in [5.41, 5.74) is 4.28. The number of hydrogen-bond donors (Lipinski definition) is 0. The molecule has 0 saturated carbocycles. The lowest BCUT2D eigenvalue weighted by Crippen LogP contribution is -2.53. The molecule has 3 heterocycles. The standard InChI is InChI=1S/C23H31N5O2/c1-16(2)20-18-8-4-3-7-17(18)19(15-24)21(25-20)26-11-13-28(14-12-26)23(30)22(29)27-9-5-6-10-27/h16H,3-14H2,1-2H3. The number of amides is 2. The van der Waals surface area contributed by atoms with Gasteiger partial charge in [-0.25, -0.2) is 4.98 Å². The van der Waals surface area contributed by atoms with Gasteiger partial charge in [-0.1, -0.05) is 13.8 Å². The molecule has 0 N–H and O–H groups in total. The maximum Gasteiger partial charge on any atom is 0.312 e. The Balaban J connectivity index is 1.53. The smallest absolute Gasteiger partial charge is 0.312 e. The van der Waals surface area contributed by atoms with Crippen molar-refractivity contribution in [2.75, 3.05) is 44.2 Å². The van der Waals surface area contributed by atoms with Gasteiger partial charge in [-0.2, -0.15) is 5.26 Å². The Morgan fingerprint density at radius 2 is 1.43 bits per heavy atom. The maximum atomic E-state index is 12.6. The molecule has 2 fully saturated rings. The van der Waals surface area contributed by atoms with E-state index in [9.17, 15) is 14.9 Å². The molecule has 0 radical (unpaired) electrons. The predicted octanol–water partition coefficient (Wildman–Crippen LogP) is 2.23. The van der Waals surface area contributed by atoms with Gasteiger partial charge in [-0.3, -0.25) is 9.59 Å². The van der Waals surface area contributed by atoms with Crippen molar-refractivity contribution >= 4 is 17.6 Å². The van der Waals surface area contributed by atoms with Gasteiger partial charge in [0.2, 0.25) is 0 Å². The largest absolute Gasteiger partial charge is 0.352 e. The monoisotopic (exact) mass is 409 g/mol. The third-order valence-electron chi connectivity index (χ3n) is 6.63. The van der Waals surface area contributed by atoms with E-state index < -0.39 is 5.91 Å². The summed E-state index contributed by atoms with van der Waals surface area (Å²) >= 11 is 0. The second kappa shape index (κ2) is 8.63. The summed E-state index contributed by atoms with van der Waals surface area (Å²) in [4.78, 5) is 35.5. The Labute approximate surface area is 178 Å². The number of carbonyl (C=O) groups excluding carboxylic acids is 2. The molecule has 3 aliphatic rings. The van der Waals surface area contributed by atoms with Crippen LogP contribution >= 0.6 is 0 Å². The van der Waals surface area contributed by atoms with Crippen molar-refractivity contribution in [1.29, 1.82) is 5.26 Å². The van der Waals surface area contributed by atoms with E-state index in [1.165, 1.54) is 11.1 Å². The highest BCUT2D eigenvalue weighted by atomic mass is 16.2. The van der Waals surface area contributed by atoms with Crippen molar-refractivity contribution in [3.63, 3.8) is 0 Å². The van der Waals surface area contributed by atoms with Gasteiger partial charge in [-0.15, -0.1) is 0 Å². The molecule has 2 aliphatic heterocycles. The number of pyridine rings is 1. The maximum absolute atomic E-state index is 12.6. The van der Waals surface area contributed by atoms with E-state index in [1.54, 1.807) is 9.80 Å². The van der Waals surface area contributed by atoms with E-state index in [0.717, 1.165) is 50.0 Å². The number of nitriles is 1. The lowest BCUT2D eigenvalue weighted by atomic mass is 9.85. The third-order valence-corrected chi connectivity index (χ3v) is 6.63. The highest BCUT2D eigenvalue weighted by Gasteiger charge is 2.32. The van der Waals surface area contributed by atoms with Gasteiger partial charge >= 0.3 is 11.8 Å². The number of fused-ring (bicyclic) bond motifs is 1. The topological polar surface area (TPSA) is 80.5 Å². The van der Waals surface area contributed by atoms with Crippen molar-refractivity contribution < 1.29 is 9.59 Å². The van der Waals surface area contributed by atoms with E-state index in [4.69, 9.17) is 4.98 Å². The number of nitrogens with zero attached hydrogens (tertiary/aromatic N) is 5. The summed E-state index contributed by atoms with van der Waals surface area (Å²) in [6, 6.07) is 2.43. The third kappa shape index (κ3) is 3.76. The van der Waals surface area contributed by atoms with E-state index in [0.29, 0.717) is 50.7 Å². The van der Waals surface area contributed by atoms with Gasteiger partial charge < -0.3 is 14.7 Å². The van der Waals surface area contributed by atoms with Gasteiger partial charge in [0.25, 0.3) is 0 Å². The molecule has 1 aromatic heterocycles. The van der Waals surface area contributed by atoms with Crippen LogP contribution in [0.4, 0.5) is 5.82 Å². The Bertz CT molecular complexity index is 875. The van der Waals surface area contributed by atoms with Crippen molar-refractivity contribution in [2.24, 2.45) is 0 Å². The van der Waals surface area contributed by atoms with Crippen molar-refractivity contribution in [3.8, 4) is 6.07 Å². The molecular formula is C23H31N5O2. The highest BCUT2D eigenvalue weighted by Crippen LogP contribution is 2.35. The average Bonchev–Trinajstić information content (AvgIpc) is 3.32. The van der Waals surface area contributed by atoms with E-state index >= 15 is 0 Å². The SMILES string of the molecule is CC(C)c1nc(N2CCN(C(=O)C(=O)N3CCCC3)CC2)c(C#N)c2c1CCCC2. The molecule has 2 amide bonds. The quantitative estimate of drug-likeness (QED) is 0.700. The second-order valence-corrected chi connectivity index (χ2v) is 8.90. The molecule has 1 aliphatic carbocycles. The predicted molar refractivity (Wildman–Crippen MR) is 114 cm³/mol. The van der Waals surface area contributed by atoms with Crippen LogP contribution in [0.15, 0.2) is 0 Å². The summed E-state index contributed by atoms with van der Waals surface area (Å²) in [5.74, 6) is 0.315. The fraction of sp³-hybridized carbons (Fsp3) is 0.652. The zero-order valence-electron chi connectivity index (χ0n) is 18.1. The number of likely N-dealkylation sites (tertiary alicyclic amines) is 1. The number of rotatable bonds is 2. The molecule has 30 heavy (non-hydrogen) atoms. The molecule has 7 heteroatoms. The first-order valence-corrected chi connectivity index (χ1v) is 11.3. The average molecular weight is 410 g/mol. The van der Waals surface area contributed by atoms with E-state index in [2.05, 4.69) is 24.8 Å². The Hall–Kier alpha value is -2.62. The molecule has 0 unspecified atom stereocenters. The van der Waals surface area contributed by atoms with Gasteiger partial charge in [-0.05, 0) is 55.6 Å². The first-order chi connectivity index (χ1) is 14.5. The first-order valence-electron chi connectivity index (χ1n) is 11.3. The van der Waals surface area contributed by atoms with Crippen LogP contribution in [0.5, 0.6) is 0 Å². The molecule has 0 aromatic carbocycles. The van der Waals surface area contributed by atoms with Gasteiger partial charge in [0.05, 0.1) is 5.56 Å². The molecule has 0 atom stereocenters. The molecule has 0 spiro atoms. The lowest BCUT2D eigenvalue weighted by Gasteiger charge is -2.37. The Morgan fingerprint density at radius 1 is 0.867 bits per heavy atom. The zero-order chi connectivity index (χ0) is 21.3. The minimum Gasteiger partial charge on any atom is -0.352 e. The molecular weight excluding hydrogens is 378 g/mol.